The highest BCUT2D eigenvalue weighted by atomic mass is 32.1. The first kappa shape index (κ1) is 7.75. The van der Waals surface area contributed by atoms with E-state index in [0.29, 0.717) is 10.3 Å². The molecule has 2 rings (SSSR count). The van der Waals surface area contributed by atoms with Crippen LogP contribution in [0.5, 0.6) is 5.19 Å². The van der Waals surface area contributed by atoms with E-state index in [2.05, 4.69) is 15.5 Å². The number of anilines is 1. The molecule has 0 amide bonds. The third-order valence-corrected chi connectivity index (χ3v) is 2.35. The minimum Gasteiger partial charge on any atom is -0.464 e. The van der Waals surface area contributed by atoms with Gasteiger partial charge in [0.05, 0.1) is 0 Å². The van der Waals surface area contributed by atoms with Gasteiger partial charge in [0.25, 0.3) is 5.19 Å². The average molecular weight is 186 g/mol. The predicted molar refractivity (Wildman–Crippen MR) is 46.2 cm³/mol. The van der Waals surface area contributed by atoms with Crippen LogP contribution in [0, 0.1) is 0 Å². The van der Waals surface area contributed by atoms with Crippen LogP contribution in [-0.2, 0) is 0 Å². The van der Waals surface area contributed by atoms with Crippen molar-refractivity contribution >= 4 is 16.5 Å². The number of rotatable bonds is 2. The Morgan fingerprint density at radius 2 is 2.50 bits per heavy atom. The number of nitrogens with two attached hydrogens (primary N) is 1. The van der Waals surface area contributed by atoms with Gasteiger partial charge in [-0.2, -0.15) is 0 Å². The lowest BCUT2D eigenvalue weighted by molar-refractivity contribution is 0.220. The summed E-state index contributed by atoms with van der Waals surface area (Å²) in [6.45, 7) is 1.90. The van der Waals surface area contributed by atoms with Crippen molar-refractivity contribution in [3.05, 3.63) is 0 Å². The van der Waals surface area contributed by atoms with Crippen molar-refractivity contribution in [3.63, 3.8) is 0 Å². The van der Waals surface area contributed by atoms with Gasteiger partial charge in [-0.05, 0) is 24.3 Å². The van der Waals surface area contributed by atoms with Gasteiger partial charge in [0.1, 0.15) is 6.10 Å². The van der Waals surface area contributed by atoms with Crippen molar-refractivity contribution in [2.24, 2.45) is 0 Å². The molecule has 0 saturated carbocycles. The van der Waals surface area contributed by atoms with E-state index in [4.69, 9.17) is 10.5 Å². The van der Waals surface area contributed by atoms with Crippen molar-refractivity contribution in [1.82, 2.24) is 15.5 Å². The quantitative estimate of drug-likeness (QED) is 0.672. The van der Waals surface area contributed by atoms with Crippen LogP contribution in [0.1, 0.15) is 6.42 Å². The van der Waals surface area contributed by atoms with Crippen LogP contribution in [-0.4, -0.2) is 29.4 Å². The molecule has 0 bridgehead atoms. The molecular weight excluding hydrogens is 176 g/mol. The number of ether oxygens (including phenoxy) is 1. The molecule has 5 nitrogen and oxygen atoms in total. The molecule has 66 valence electrons. The van der Waals surface area contributed by atoms with E-state index in [1.807, 2.05) is 0 Å². The molecule has 12 heavy (non-hydrogen) atoms. The SMILES string of the molecule is Nc1nnc(OC2CCNC2)s1. The normalized spacial score (nSPS) is 22.8. The number of nitrogens with one attached hydrogen (secondary N) is 1. The standard InChI is InChI=1S/C6H10N4OS/c7-5-9-10-6(12-5)11-4-1-2-8-3-4/h4,8H,1-3H2,(H2,7,9). The Hall–Kier alpha value is -0.880. The maximum Gasteiger partial charge on any atom is 0.296 e. The van der Waals surface area contributed by atoms with Gasteiger partial charge in [-0.1, -0.05) is 5.10 Å². The molecule has 1 atom stereocenters. The third kappa shape index (κ3) is 1.64. The van der Waals surface area contributed by atoms with Crippen molar-refractivity contribution in [3.8, 4) is 5.19 Å². The van der Waals surface area contributed by atoms with Gasteiger partial charge < -0.3 is 15.8 Å². The van der Waals surface area contributed by atoms with Gasteiger partial charge in [0.2, 0.25) is 5.13 Å². The molecule has 0 aromatic carbocycles. The topological polar surface area (TPSA) is 73.1 Å². The van der Waals surface area contributed by atoms with Crippen molar-refractivity contribution in [1.29, 1.82) is 0 Å². The predicted octanol–water partition coefficient (Wildman–Crippen LogP) is -0.139. The zero-order valence-corrected chi connectivity index (χ0v) is 7.30. The second-order valence-electron chi connectivity index (χ2n) is 2.64. The van der Waals surface area contributed by atoms with E-state index in [1.54, 1.807) is 0 Å². The molecule has 1 aliphatic heterocycles. The Kier molecular flexibility index (Phi) is 2.09. The van der Waals surface area contributed by atoms with Gasteiger partial charge in [-0.15, -0.1) is 5.10 Å². The lowest BCUT2D eigenvalue weighted by atomic mass is 10.3. The van der Waals surface area contributed by atoms with Crippen LogP contribution in [0.3, 0.4) is 0 Å². The van der Waals surface area contributed by atoms with E-state index in [9.17, 15) is 0 Å². The Labute approximate surface area is 73.9 Å². The number of aromatic nitrogens is 2. The number of hydrogen-bond donors (Lipinski definition) is 2. The fourth-order valence-electron chi connectivity index (χ4n) is 1.14. The monoisotopic (exact) mass is 186 g/mol. The molecule has 1 aliphatic rings. The lowest BCUT2D eigenvalue weighted by Crippen LogP contribution is -2.19. The summed E-state index contributed by atoms with van der Waals surface area (Å²) >= 11 is 1.28. The number of hydrogen-bond acceptors (Lipinski definition) is 6. The highest BCUT2D eigenvalue weighted by molar-refractivity contribution is 7.16. The van der Waals surface area contributed by atoms with Crippen molar-refractivity contribution < 1.29 is 4.74 Å². The smallest absolute Gasteiger partial charge is 0.296 e. The highest BCUT2D eigenvalue weighted by Crippen LogP contribution is 2.21. The van der Waals surface area contributed by atoms with Crippen LogP contribution in [0.15, 0.2) is 0 Å². The first-order chi connectivity index (χ1) is 5.84. The first-order valence-corrected chi connectivity index (χ1v) is 4.62. The van der Waals surface area contributed by atoms with E-state index in [0.717, 1.165) is 19.5 Å². The van der Waals surface area contributed by atoms with Gasteiger partial charge in [-0.3, -0.25) is 0 Å². The van der Waals surface area contributed by atoms with Crippen molar-refractivity contribution in [2.75, 3.05) is 18.8 Å². The fourth-order valence-corrected chi connectivity index (χ4v) is 1.67. The molecule has 2 heterocycles. The minimum atomic E-state index is 0.234. The molecule has 1 fully saturated rings. The molecule has 0 spiro atoms. The average Bonchev–Trinajstić information content (AvgIpc) is 2.63. The molecule has 1 aromatic heterocycles. The summed E-state index contributed by atoms with van der Waals surface area (Å²) in [7, 11) is 0. The van der Waals surface area contributed by atoms with Gasteiger partial charge in [-0.25, -0.2) is 0 Å². The molecule has 0 radical (unpaired) electrons. The van der Waals surface area contributed by atoms with Crippen LogP contribution < -0.4 is 15.8 Å². The van der Waals surface area contributed by atoms with E-state index < -0.39 is 0 Å². The number of nitrogens with zero attached hydrogens (tertiary/aromatic N) is 2. The third-order valence-electron chi connectivity index (χ3n) is 1.70. The summed E-state index contributed by atoms with van der Waals surface area (Å²) < 4.78 is 5.50. The van der Waals surface area contributed by atoms with Crippen LogP contribution in [0.2, 0.25) is 0 Å². The zero-order chi connectivity index (χ0) is 8.39. The van der Waals surface area contributed by atoms with E-state index >= 15 is 0 Å². The maximum absolute atomic E-state index is 5.50. The second kappa shape index (κ2) is 3.24. The summed E-state index contributed by atoms with van der Waals surface area (Å²) in [6.07, 6.45) is 1.26. The molecule has 0 aliphatic carbocycles. The van der Waals surface area contributed by atoms with Crippen molar-refractivity contribution in [2.45, 2.75) is 12.5 Å². The Balaban J connectivity index is 1.94. The summed E-state index contributed by atoms with van der Waals surface area (Å²) in [6, 6.07) is 0. The van der Waals surface area contributed by atoms with Crippen LogP contribution in [0.25, 0.3) is 0 Å². The van der Waals surface area contributed by atoms with Gasteiger partial charge >= 0.3 is 0 Å². The molecule has 3 N–H and O–H groups in total. The fraction of sp³-hybridized carbons (Fsp3) is 0.667. The summed E-state index contributed by atoms with van der Waals surface area (Å²) in [5.74, 6) is 0. The molecule has 1 aromatic rings. The zero-order valence-electron chi connectivity index (χ0n) is 6.49. The second-order valence-corrected chi connectivity index (χ2v) is 3.61. The highest BCUT2D eigenvalue weighted by Gasteiger charge is 2.17. The molecule has 1 saturated heterocycles. The van der Waals surface area contributed by atoms with Gasteiger partial charge in [0, 0.05) is 6.54 Å². The maximum atomic E-state index is 5.50. The molecule has 1 unspecified atom stereocenters. The van der Waals surface area contributed by atoms with Gasteiger partial charge in [0.15, 0.2) is 0 Å². The largest absolute Gasteiger partial charge is 0.464 e. The molecular formula is C6H10N4OS. The Bertz CT molecular complexity index is 258. The number of nitrogen functional groups attached to an aromatic ring is 1. The summed E-state index contributed by atoms with van der Waals surface area (Å²) in [4.78, 5) is 0. The van der Waals surface area contributed by atoms with Crippen LogP contribution in [0.4, 0.5) is 5.13 Å². The lowest BCUT2D eigenvalue weighted by Gasteiger charge is -2.06. The molecule has 6 heteroatoms. The van der Waals surface area contributed by atoms with E-state index in [-0.39, 0.29) is 6.10 Å². The van der Waals surface area contributed by atoms with Crippen LogP contribution >= 0.6 is 11.3 Å². The van der Waals surface area contributed by atoms with E-state index in [1.165, 1.54) is 11.3 Å². The minimum absolute atomic E-state index is 0.234. The summed E-state index contributed by atoms with van der Waals surface area (Å²) in [5, 5.41) is 11.7. The summed E-state index contributed by atoms with van der Waals surface area (Å²) in [5.41, 5.74) is 5.40. The first-order valence-electron chi connectivity index (χ1n) is 3.81. The Morgan fingerprint density at radius 1 is 1.58 bits per heavy atom. The Morgan fingerprint density at radius 3 is 3.08 bits per heavy atom.